The van der Waals surface area contributed by atoms with Crippen molar-refractivity contribution in [2.24, 2.45) is 0 Å². The van der Waals surface area contributed by atoms with Gasteiger partial charge in [-0.1, -0.05) is 60.7 Å². The third-order valence-electron chi connectivity index (χ3n) is 6.31. The van der Waals surface area contributed by atoms with Gasteiger partial charge in [0.25, 0.3) is 0 Å². The zero-order valence-electron chi connectivity index (χ0n) is 16.3. The van der Waals surface area contributed by atoms with Crippen molar-refractivity contribution in [3.05, 3.63) is 71.8 Å². The molecule has 2 fully saturated rings. The Balaban J connectivity index is 1.50. The molecule has 2 aliphatic heterocycles. The first-order valence-electron chi connectivity index (χ1n) is 9.69. The van der Waals surface area contributed by atoms with Gasteiger partial charge in [-0.15, -0.1) is 0 Å². The third kappa shape index (κ3) is 3.28. The highest BCUT2D eigenvalue weighted by molar-refractivity contribution is 5.87. The van der Waals surface area contributed by atoms with Crippen LogP contribution in [0.2, 0.25) is 0 Å². The van der Waals surface area contributed by atoms with E-state index < -0.39 is 5.41 Å². The van der Waals surface area contributed by atoms with Crippen LogP contribution in [-0.4, -0.2) is 55.9 Å². The summed E-state index contributed by atoms with van der Waals surface area (Å²) < 4.78 is 12.5. The number of carbonyl (C=O) groups excluding carboxylic acids is 1. The third-order valence-corrected chi connectivity index (χ3v) is 6.31. The number of carbonyl (C=O) groups is 1. The second-order valence-electron chi connectivity index (χ2n) is 8.45. The largest absolute Gasteiger partial charge is 0.465 e. The van der Waals surface area contributed by atoms with E-state index in [1.165, 1.54) is 0 Å². The molecule has 4 heteroatoms. The number of likely N-dealkylation sites (N-methyl/N-ethyl adjacent to an activating group) is 1. The van der Waals surface area contributed by atoms with Crippen LogP contribution in [0, 0.1) is 0 Å². The predicted octanol–water partition coefficient (Wildman–Crippen LogP) is 3.15. The summed E-state index contributed by atoms with van der Waals surface area (Å²) in [6.45, 7) is 3.43. The van der Waals surface area contributed by atoms with Crippen molar-refractivity contribution in [1.29, 1.82) is 0 Å². The monoisotopic (exact) mass is 366 g/mol. The number of hydrogen-bond donors (Lipinski definition) is 0. The van der Waals surface area contributed by atoms with Crippen molar-refractivity contribution in [3.8, 4) is 0 Å². The maximum Gasteiger partial charge on any atom is 0.320 e. The molecule has 2 aromatic carbocycles. The second-order valence-corrected chi connectivity index (χ2v) is 8.45. The van der Waals surface area contributed by atoms with Gasteiger partial charge in [0.2, 0.25) is 0 Å². The fourth-order valence-electron chi connectivity index (χ4n) is 4.51. The molecule has 142 valence electrons. The molecule has 27 heavy (non-hydrogen) atoms. The van der Waals surface area contributed by atoms with E-state index in [4.69, 9.17) is 9.47 Å². The molecule has 0 amide bonds. The highest BCUT2D eigenvalue weighted by atomic mass is 16.6. The molecule has 0 saturated carbocycles. The van der Waals surface area contributed by atoms with Crippen LogP contribution in [0.25, 0.3) is 0 Å². The number of rotatable bonds is 6. The van der Waals surface area contributed by atoms with Crippen LogP contribution in [0.3, 0.4) is 0 Å². The lowest BCUT2D eigenvalue weighted by molar-refractivity contribution is -0.909. The molecule has 2 aliphatic rings. The number of benzene rings is 2. The van der Waals surface area contributed by atoms with E-state index in [0.29, 0.717) is 24.9 Å². The summed E-state index contributed by atoms with van der Waals surface area (Å²) >= 11 is 0. The maximum atomic E-state index is 13.2. The Morgan fingerprint density at radius 3 is 2.11 bits per heavy atom. The Hall–Kier alpha value is -2.17. The number of ether oxygens (including phenoxy) is 2. The zero-order chi connectivity index (χ0) is 19.1. The lowest BCUT2D eigenvalue weighted by atomic mass is 9.76. The molecule has 0 spiro atoms. The molecule has 2 unspecified atom stereocenters. The first-order chi connectivity index (χ1) is 12.9. The minimum atomic E-state index is -0.818. The first-order valence-corrected chi connectivity index (χ1v) is 9.69. The molecule has 4 nitrogen and oxygen atoms in total. The molecular weight excluding hydrogens is 338 g/mol. The van der Waals surface area contributed by atoms with Gasteiger partial charge in [-0.3, -0.25) is 4.79 Å². The quantitative estimate of drug-likeness (QED) is 0.448. The van der Waals surface area contributed by atoms with Crippen LogP contribution >= 0.6 is 0 Å². The van der Waals surface area contributed by atoms with Gasteiger partial charge < -0.3 is 14.0 Å². The lowest BCUT2D eigenvalue weighted by Gasteiger charge is -2.34. The predicted molar refractivity (Wildman–Crippen MR) is 104 cm³/mol. The number of quaternary nitrogens is 1. The van der Waals surface area contributed by atoms with Gasteiger partial charge in [0, 0.05) is 6.42 Å². The average Bonchev–Trinajstić information content (AvgIpc) is 3.37. The number of hydrogen-bond acceptors (Lipinski definition) is 3. The summed E-state index contributed by atoms with van der Waals surface area (Å²) in [4.78, 5) is 13.2. The molecule has 0 bridgehead atoms. The standard InChI is InChI=1S/C23H28NO3/c1-23(17-10-6-4-7-11-17,18-12-8-5-9-13-18)22(25)26-15-14-19-21-20(27-21)16-24(19,2)3/h4-13,19-21H,14-16H2,1-3H3/q+1/t19?,20-,21?/m1/s1. The van der Waals surface area contributed by atoms with Crippen molar-refractivity contribution < 1.29 is 18.8 Å². The van der Waals surface area contributed by atoms with Crippen molar-refractivity contribution in [2.75, 3.05) is 27.2 Å². The van der Waals surface area contributed by atoms with Crippen molar-refractivity contribution in [1.82, 2.24) is 0 Å². The molecular formula is C23H28NO3+. The normalized spacial score (nSPS) is 25.7. The smallest absolute Gasteiger partial charge is 0.320 e. The number of esters is 1. The van der Waals surface area contributed by atoms with Crippen molar-refractivity contribution >= 4 is 5.97 Å². The highest BCUT2D eigenvalue weighted by Crippen LogP contribution is 2.41. The Morgan fingerprint density at radius 1 is 1.07 bits per heavy atom. The molecule has 0 aliphatic carbocycles. The van der Waals surface area contributed by atoms with Crippen LogP contribution in [0.4, 0.5) is 0 Å². The Bertz CT molecular complexity index is 763. The number of epoxide rings is 1. The van der Waals surface area contributed by atoms with Crippen LogP contribution in [-0.2, 0) is 19.7 Å². The van der Waals surface area contributed by atoms with Crippen LogP contribution in [0.1, 0.15) is 24.5 Å². The maximum absolute atomic E-state index is 13.2. The molecule has 3 atom stereocenters. The van der Waals surface area contributed by atoms with Gasteiger partial charge in [-0.25, -0.2) is 0 Å². The fourth-order valence-corrected chi connectivity index (χ4v) is 4.51. The van der Waals surface area contributed by atoms with Gasteiger partial charge in [-0.05, 0) is 18.1 Å². The van der Waals surface area contributed by atoms with E-state index in [9.17, 15) is 4.79 Å². The van der Waals surface area contributed by atoms with Crippen molar-refractivity contribution in [3.63, 3.8) is 0 Å². The summed E-state index contributed by atoms with van der Waals surface area (Å²) in [5.74, 6) is -0.198. The number of morpholine rings is 1. The van der Waals surface area contributed by atoms with Gasteiger partial charge in [0.05, 0.1) is 20.7 Å². The highest BCUT2D eigenvalue weighted by Gasteiger charge is 2.61. The molecule has 2 heterocycles. The van der Waals surface area contributed by atoms with Gasteiger partial charge in [0.1, 0.15) is 30.2 Å². The van der Waals surface area contributed by atoms with Crippen LogP contribution in [0.15, 0.2) is 60.7 Å². The van der Waals surface area contributed by atoms with Crippen LogP contribution < -0.4 is 0 Å². The van der Waals surface area contributed by atoms with E-state index in [1.54, 1.807) is 0 Å². The molecule has 2 aromatic rings. The summed E-state index contributed by atoms with van der Waals surface area (Å²) in [5, 5.41) is 0. The Labute approximate surface area is 161 Å². The number of likely N-dealkylation sites (tertiary alicyclic amines) is 1. The van der Waals surface area contributed by atoms with E-state index in [-0.39, 0.29) is 5.97 Å². The second kappa shape index (κ2) is 6.77. The molecule has 0 N–H and O–H groups in total. The minimum Gasteiger partial charge on any atom is -0.465 e. The molecule has 4 rings (SSSR count). The minimum absolute atomic E-state index is 0.198. The summed E-state index contributed by atoms with van der Waals surface area (Å²) in [6, 6.07) is 20.2. The average molecular weight is 366 g/mol. The van der Waals surface area contributed by atoms with E-state index >= 15 is 0 Å². The number of fused-ring (bicyclic) bond motifs is 1. The molecule has 0 aromatic heterocycles. The van der Waals surface area contributed by atoms with Gasteiger partial charge in [0.15, 0.2) is 0 Å². The zero-order valence-corrected chi connectivity index (χ0v) is 16.3. The topological polar surface area (TPSA) is 38.8 Å². The Kier molecular flexibility index (Phi) is 4.57. The summed E-state index contributed by atoms with van der Waals surface area (Å²) in [5.41, 5.74) is 1.08. The lowest BCUT2D eigenvalue weighted by Crippen LogP contribution is -2.48. The summed E-state index contributed by atoms with van der Waals surface area (Å²) in [6.07, 6.45) is 1.58. The van der Waals surface area contributed by atoms with Crippen molar-refractivity contribution in [2.45, 2.75) is 37.0 Å². The van der Waals surface area contributed by atoms with Gasteiger partial charge in [-0.2, -0.15) is 0 Å². The fraction of sp³-hybridized carbons (Fsp3) is 0.435. The Morgan fingerprint density at radius 2 is 1.63 bits per heavy atom. The van der Waals surface area contributed by atoms with E-state index in [1.807, 2.05) is 67.6 Å². The number of nitrogens with zero attached hydrogens (tertiary/aromatic N) is 1. The first kappa shape index (κ1) is 18.2. The van der Waals surface area contributed by atoms with E-state index in [2.05, 4.69) is 14.1 Å². The summed E-state index contributed by atoms with van der Waals surface area (Å²) in [7, 11) is 4.47. The SMILES string of the molecule is CC(C(=O)OCCC1C2O[C@@H]2C[N+]1(C)C)(c1ccccc1)c1ccccc1. The van der Waals surface area contributed by atoms with E-state index in [0.717, 1.165) is 28.6 Å². The van der Waals surface area contributed by atoms with Crippen LogP contribution in [0.5, 0.6) is 0 Å². The molecule has 2 saturated heterocycles. The van der Waals surface area contributed by atoms with Gasteiger partial charge >= 0.3 is 5.97 Å². The molecule has 0 radical (unpaired) electrons.